The van der Waals surface area contributed by atoms with Crippen LogP contribution in [-0.2, 0) is 14.3 Å². The fourth-order valence-corrected chi connectivity index (χ4v) is 2.71. The summed E-state index contributed by atoms with van der Waals surface area (Å²) in [6.45, 7) is 7.91. The fourth-order valence-electron chi connectivity index (χ4n) is 2.71. The highest BCUT2D eigenvalue weighted by atomic mass is 35.5. The smallest absolute Gasteiger partial charge is 0.410 e. The minimum absolute atomic E-state index is 0. The van der Waals surface area contributed by atoms with Crippen molar-refractivity contribution < 1.29 is 19.1 Å². The Kier molecular flexibility index (Phi) is 4.92. The van der Waals surface area contributed by atoms with Gasteiger partial charge in [-0.3, -0.25) is 4.79 Å². The van der Waals surface area contributed by atoms with Crippen LogP contribution in [0.25, 0.3) is 0 Å². The Morgan fingerprint density at radius 1 is 1.30 bits per heavy atom. The van der Waals surface area contributed by atoms with Crippen LogP contribution in [0.15, 0.2) is 0 Å². The van der Waals surface area contributed by atoms with Gasteiger partial charge < -0.3 is 19.7 Å². The molecule has 1 unspecified atom stereocenters. The van der Waals surface area contributed by atoms with Crippen molar-refractivity contribution in [2.24, 2.45) is 11.3 Å². The van der Waals surface area contributed by atoms with E-state index in [4.69, 9.17) is 9.47 Å². The summed E-state index contributed by atoms with van der Waals surface area (Å²) >= 11 is 0. The minimum Gasteiger partial charge on any atom is -0.469 e. The summed E-state index contributed by atoms with van der Waals surface area (Å²) in [5.41, 5.74) is -0.699. The molecule has 6 nitrogen and oxygen atoms in total. The number of esters is 1. The molecule has 7 heteroatoms. The van der Waals surface area contributed by atoms with Gasteiger partial charge in [-0.25, -0.2) is 4.79 Å². The number of carbonyl (C=O) groups is 2. The predicted octanol–water partition coefficient (Wildman–Crippen LogP) is 1.04. The largest absolute Gasteiger partial charge is 0.469 e. The molecule has 2 saturated heterocycles. The molecule has 0 aliphatic carbocycles. The van der Waals surface area contributed by atoms with Gasteiger partial charge in [-0.2, -0.15) is 0 Å². The van der Waals surface area contributed by atoms with Crippen LogP contribution in [0, 0.1) is 11.3 Å². The number of rotatable bonds is 1. The van der Waals surface area contributed by atoms with Crippen LogP contribution in [0.4, 0.5) is 4.79 Å². The zero-order chi connectivity index (χ0) is 14.3. The lowest BCUT2D eigenvalue weighted by molar-refractivity contribution is -0.149. The average Bonchev–Trinajstić information content (AvgIpc) is 2.65. The van der Waals surface area contributed by atoms with E-state index in [9.17, 15) is 9.59 Å². The van der Waals surface area contributed by atoms with Gasteiger partial charge in [0.05, 0.1) is 13.0 Å². The SMILES string of the molecule is COC(=O)C1CN(C(=O)OC(C)(C)C)CC12CNC2.Cl. The summed E-state index contributed by atoms with van der Waals surface area (Å²) in [6, 6.07) is 0. The molecule has 116 valence electrons. The van der Waals surface area contributed by atoms with Crippen molar-refractivity contribution in [3.8, 4) is 0 Å². The molecule has 1 spiro atoms. The predicted molar refractivity (Wildman–Crippen MR) is 75.9 cm³/mol. The number of carbonyl (C=O) groups excluding carboxylic acids is 2. The normalized spacial score (nSPS) is 23.8. The number of methoxy groups -OCH3 is 1. The van der Waals surface area contributed by atoms with Gasteiger partial charge in [0.25, 0.3) is 0 Å². The molecule has 2 heterocycles. The van der Waals surface area contributed by atoms with Crippen molar-refractivity contribution >= 4 is 24.5 Å². The Morgan fingerprint density at radius 3 is 2.30 bits per heavy atom. The Labute approximate surface area is 125 Å². The molecule has 2 rings (SSSR count). The Hall–Kier alpha value is -1.01. The third kappa shape index (κ3) is 3.17. The molecule has 2 fully saturated rings. The third-order valence-electron chi connectivity index (χ3n) is 3.74. The molecular weight excluding hydrogens is 284 g/mol. The third-order valence-corrected chi connectivity index (χ3v) is 3.74. The van der Waals surface area contributed by atoms with Crippen molar-refractivity contribution in [2.75, 3.05) is 33.3 Å². The van der Waals surface area contributed by atoms with Gasteiger partial charge in [0.2, 0.25) is 0 Å². The summed E-state index contributed by atoms with van der Waals surface area (Å²) in [4.78, 5) is 25.5. The molecule has 0 aromatic carbocycles. The highest BCUT2D eigenvalue weighted by Gasteiger charge is 2.55. The average molecular weight is 307 g/mol. The van der Waals surface area contributed by atoms with E-state index < -0.39 is 5.60 Å². The van der Waals surface area contributed by atoms with Crippen molar-refractivity contribution in [1.82, 2.24) is 10.2 Å². The molecule has 1 amide bonds. The lowest BCUT2D eigenvalue weighted by Gasteiger charge is -2.42. The van der Waals surface area contributed by atoms with Crippen molar-refractivity contribution in [1.29, 1.82) is 0 Å². The van der Waals surface area contributed by atoms with Gasteiger partial charge in [-0.1, -0.05) is 0 Å². The first kappa shape index (κ1) is 17.0. The quantitative estimate of drug-likeness (QED) is 0.733. The molecule has 0 aromatic heterocycles. The van der Waals surface area contributed by atoms with Crippen LogP contribution in [0.5, 0.6) is 0 Å². The Balaban J connectivity index is 0.00000200. The standard InChI is InChI=1S/C13H22N2O4.ClH/c1-12(2,3)19-11(17)15-5-9(10(16)18-4)13(8-15)6-14-7-13;/h9,14H,5-8H2,1-4H3;1H. The first-order chi connectivity index (χ1) is 8.77. The summed E-state index contributed by atoms with van der Waals surface area (Å²) in [5.74, 6) is -0.501. The molecule has 20 heavy (non-hydrogen) atoms. The van der Waals surface area contributed by atoms with E-state index in [-0.39, 0.29) is 35.8 Å². The van der Waals surface area contributed by atoms with Crippen LogP contribution < -0.4 is 5.32 Å². The summed E-state index contributed by atoms with van der Waals surface area (Å²) < 4.78 is 10.2. The van der Waals surface area contributed by atoms with Gasteiger partial charge in [0, 0.05) is 31.6 Å². The van der Waals surface area contributed by atoms with Crippen LogP contribution in [0.3, 0.4) is 0 Å². The number of nitrogens with one attached hydrogen (secondary N) is 1. The Bertz CT molecular complexity index is 390. The molecule has 2 aliphatic heterocycles. The minimum atomic E-state index is -0.522. The van der Waals surface area contributed by atoms with Gasteiger partial charge >= 0.3 is 12.1 Å². The van der Waals surface area contributed by atoms with E-state index in [1.807, 2.05) is 20.8 Å². The number of nitrogens with zero attached hydrogens (tertiary/aromatic N) is 1. The first-order valence-electron chi connectivity index (χ1n) is 6.54. The van der Waals surface area contributed by atoms with Crippen LogP contribution in [0.2, 0.25) is 0 Å². The van der Waals surface area contributed by atoms with Crippen molar-refractivity contribution in [3.63, 3.8) is 0 Å². The number of halogens is 1. The van der Waals surface area contributed by atoms with E-state index in [2.05, 4.69) is 5.32 Å². The molecule has 1 atom stereocenters. The first-order valence-corrected chi connectivity index (χ1v) is 6.54. The Morgan fingerprint density at radius 2 is 1.90 bits per heavy atom. The molecule has 1 N–H and O–H groups in total. The maximum Gasteiger partial charge on any atom is 0.410 e. The summed E-state index contributed by atoms with van der Waals surface area (Å²) in [7, 11) is 1.39. The highest BCUT2D eigenvalue weighted by Crippen LogP contribution is 2.40. The second-order valence-electron chi connectivity index (χ2n) is 6.40. The number of likely N-dealkylation sites (tertiary alicyclic amines) is 1. The van der Waals surface area contributed by atoms with E-state index in [0.717, 1.165) is 13.1 Å². The van der Waals surface area contributed by atoms with E-state index >= 15 is 0 Å². The van der Waals surface area contributed by atoms with Crippen molar-refractivity contribution in [2.45, 2.75) is 26.4 Å². The summed E-state index contributed by atoms with van der Waals surface area (Å²) in [6.07, 6.45) is -0.356. The van der Waals surface area contributed by atoms with Crippen molar-refractivity contribution in [3.05, 3.63) is 0 Å². The van der Waals surface area contributed by atoms with Crippen LogP contribution in [-0.4, -0.2) is 55.9 Å². The topological polar surface area (TPSA) is 67.9 Å². The van der Waals surface area contributed by atoms with E-state index in [1.165, 1.54) is 7.11 Å². The number of hydrogen-bond donors (Lipinski definition) is 1. The second kappa shape index (κ2) is 5.77. The molecular formula is C13H23ClN2O4. The maximum atomic E-state index is 12.1. The number of amides is 1. The highest BCUT2D eigenvalue weighted by molar-refractivity contribution is 5.85. The van der Waals surface area contributed by atoms with E-state index in [1.54, 1.807) is 4.90 Å². The monoisotopic (exact) mass is 306 g/mol. The molecule has 0 radical (unpaired) electrons. The lowest BCUT2D eigenvalue weighted by atomic mass is 9.73. The number of hydrogen-bond acceptors (Lipinski definition) is 5. The molecule has 0 bridgehead atoms. The van der Waals surface area contributed by atoms with Gasteiger partial charge in [-0.15, -0.1) is 12.4 Å². The number of ether oxygens (including phenoxy) is 2. The van der Waals surface area contributed by atoms with Crippen LogP contribution in [0.1, 0.15) is 20.8 Å². The van der Waals surface area contributed by atoms with Gasteiger partial charge in [0.1, 0.15) is 5.60 Å². The molecule has 0 aromatic rings. The molecule has 2 aliphatic rings. The summed E-state index contributed by atoms with van der Waals surface area (Å²) in [5, 5.41) is 3.17. The second-order valence-corrected chi connectivity index (χ2v) is 6.40. The van der Waals surface area contributed by atoms with Gasteiger partial charge in [-0.05, 0) is 20.8 Å². The van der Waals surface area contributed by atoms with Gasteiger partial charge in [0.15, 0.2) is 0 Å². The maximum absolute atomic E-state index is 12.1. The fraction of sp³-hybridized carbons (Fsp3) is 0.846. The molecule has 0 saturated carbocycles. The zero-order valence-electron chi connectivity index (χ0n) is 12.4. The van der Waals surface area contributed by atoms with E-state index in [0.29, 0.717) is 13.1 Å². The lowest BCUT2D eigenvalue weighted by Crippen LogP contribution is -2.59. The van der Waals surface area contributed by atoms with Crippen LogP contribution >= 0.6 is 12.4 Å². The zero-order valence-corrected chi connectivity index (χ0v) is 13.2.